The number of nitrogens with zero attached hydrogens (tertiary/aromatic N) is 1. The van der Waals surface area contributed by atoms with E-state index in [1.165, 1.54) is 0 Å². The molecule has 1 heterocycles. The lowest BCUT2D eigenvalue weighted by molar-refractivity contribution is -0.144. The van der Waals surface area contributed by atoms with Crippen molar-refractivity contribution in [3.63, 3.8) is 0 Å². The van der Waals surface area contributed by atoms with Gasteiger partial charge in [0.2, 0.25) is 5.91 Å². The van der Waals surface area contributed by atoms with Gasteiger partial charge in [-0.2, -0.15) is 0 Å². The van der Waals surface area contributed by atoms with Gasteiger partial charge in [0.25, 0.3) is 0 Å². The number of aliphatic carboxylic acids is 1. The third kappa shape index (κ3) is 3.45. The smallest absolute Gasteiger partial charge is 0.320 e. The van der Waals surface area contributed by atoms with Crippen LogP contribution in [0, 0.1) is 0 Å². The van der Waals surface area contributed by atoms with Crippen molar-refractivity contribution in [1.82, 2.24) is 10.2 Å². The molecule has 2 N–H and O–H groups in total. The van der Waals surface area contributed by atoms with Crippen molar-refractivity contribution in [3.8, 4) is 0 Å². The van der Waals surface area contributed by atoms with Crippen LogP contribution in [-0.2, 0) is 9.59 Å². The Morgan fingerprint density at radius 1 is 1.50 bits per heavy atom. The van der Waals surface area contributed by atoms with Crippen LogP contribution in [0.1, 0.15) is 47.0 Å². The van der Waals surface area contributed by atoms with Gasteiger partial charge in [0.05, 0.1) is 6.04 Å². The summed E-state index contributed by atoms with van der Waals surface area (Å²) in [4.78, 5) is 25.0. The summed E-state index contributed by atoms with van der Waals surface area (Å²) in [5.41, 5.74) is -0.246. The molecule has 5 nitrogen and oxygen atoms in total. The van der Waals surface area contributed by atoms with Crippen LogP contribution in [0.5, 0.6) is 0 Å². The zero-order chi connectivity index (χ0) is 13.9. The van der Waals surface area contributed by atoms with Crippen LogP contribution in [-0.4, -0.2) is 46.1 Å². The van der Waals surface area contributed by atoms with Crippen LogP contribution in [0.25, 0.3) is 0 Å². The summed E-state index contributed by atoms with van der Waals surface area (Å²) in [7, 11) is 0. The molecule has 18 heavy (non-hydrogen) atoms. The monoisotopic (exact) mass is 256 g/mol. The van der Waals surface area contributed by atoms with Crippen molar-refractivity contribution in [2.45, 2.75) is 64.6 Å². The number of carbonyl (C=O) groups excluding carboxylic acids is 1. The van der Waals surface area contributed by atoms with Gasteiger partial charge < -0.3 is 10.4 Å². The first-order valence-electron chi connectivity index (χ1n) is 6.59. The Morgan fingerprint density at radius 3 is 2.61 bits per heavy atom. The van der Waals surface area contributed by atoms with Gasteiger partial charge >= 0.3 is 5.97 Å². The molecule has 0 aliphatic carbocycles. The highest BCUT2D eigenvalue weighted by molar-refractivity contribution is 5.83. The van der Waals surface area contributed by atoms with Gasteiger partial charge in [-0.1, -0.05) is 6.92 Å². The maximum Gasteiger partial charge on any atom is 0.320 e. The van der Waals surface area contributed by atoms with Crippen LogP contribution >= 0.6 is 0 Å². The fraction of sp³-hybridized carbons (Fsp3) is 0.846. The summed E-state index contributed by atoms with van der Waals surface area (Å²) < 4.78 is 0. The zero-order valence-electron chi connectivity index (χ0n) is 11.7. The van der Waals surface area contributed by atoms with Crippen LogP contribution in [0.2, 0.25) is 0 Å². The number of rotatable bonds is 5. The largest absolute Gasteiger partial charge is 0.480 e. The van der Waals surface area contributed by atoms with Gasteiger partial charge in [0.15, 0.2) is 0 Å². The number of carboxylic acid groups (broad SMARTS) is 1. The second-order valence-electron chi connectivity index (χ2n) is 5.64. The van der Waals surface area contributed by atoms with Crippen molar-refractivity contribution in [2.75, 3.05) is 6.54 Å². The Bertz CT molecular complexity index is 328. The van der Waals surface area contributed by atoms with Gasteiger partial charge in [-0.05, 0) is 46.6 Å². The molecule has 0 aromatic heterocycles. The number of hydrogen-bond acceptors (Lipinski definition) is 3. The van der Waals surface area contributed by atoms with E-state index in [2.05, 4.69) is 5.32 Å². The first-order valence-corrected chi connectivity index (χ1v) is 6.59. The lowest BCUT2D eigenvalue weighted by Gasteiger charge is -2.31. The maximum absolute atomic E-state index is 12.1. The zero-order valence-corrected chi connectivity index (χ0v) is 11.7. The number of amides is 1. The summed E-state index contributed by atoms with van der Waals surface area (Å²) in [6.07, 6.45) is 2.31. The standard InChI is InChI=1S/C13H24N2O3/c1-5-13(3,4)14-11(16)9(2)15-8-6-7-10(15)12(17)18/h9-10H,5-8H2,1-4H3,(H,14,16)(H,17,18). The number of nitrogens with one attached hydrogen (secondary N) is 1. The van der Waals surface area contributed by atoms with E-state index in [0.29, 0.717) is 13.0 Å². The Balaban J connectivity index is 2.66. The van der Waals surface area contributed by atoms with E-state index in [4.69, 9.17) is 5.11 Å². The molecule has 1 amide bonds. The molecule has 1 rings (SSSR count). The highest BCUT2D eigenvalue weighted by atomic mass is 16.4. The molecule has 2 atom stereocenters. The van der Waals surface area contributed by atoms with Gasteiger partial charge in [0.1, 0.15) is 6.04 Å². The maximum atomic E-state index is 12.1. The molecule has 2 unspecified atom stereocenters. The van der Waals surface area contributed by atoms with Gasteiger partial charge in [-0.15, -0.1) is 0 Å². The second kappa shape index (κ2) is 5.69. The first kappa shape index (κ1) is 15.0. The summed E-state index contributed by atoms with van der Waals surface area (Å²) >= 11 is 0. The number of likely N-dealkylation sites (tertiary alicyclic amines) is 1. The summed E-state index contributed by atoms with van der Waals surface area (Å²) in [6.45, 7) is 8.41. The summed E-state index contributed by atoms with van der Waals surface area (Å²) in [5.74, 6) is -0.920. The molecule has 0 saturated carbocycles. The highest BCUT2D eigenvalue weighted by Gasteiger charge is 2.37. The number of carboxylic acids is 1. The number of hydrogen-bond donors (Lipinski definition) is 2. The fourth-order valence-electron chi connectivity index (χ4n) is 2.19. The molecule has 0 aromatic carbocycles. The van der Waals surface area contributed by atoms with E-state index in [1.54, 1.807) is 11.8 Å². The van der Waals surface area contributed by atoms with Crippen LogP contribution in [0.15, 0.2) is 0 Å². The molecule has 1 aliphatic heterocycles. The van der Waals surface area contributed by atoms with Crippen molar-refractivity contribution < 1.29 is 14.7 Å². The molecule has 0 radical (unpaired) electrons. The highest BCUT2D eigenvalue weighted by Crippen LogP contribution is 2.21. The molecule has 1 aliphatic rings. The van der Waals surface area contributed by atoms with E-state index in [1.807, 2.05) is 20.8 Å². The Labute approximate surface area is 109 Å². The summed E-state index contributed by atoms with van der Waals surface area (Å²) in [6, 6.07) is -0.907. The third-order valence-electron chi connectivity index (χ3n) is 3.80. The molecule has 0 bridgehead atoms. The van der Waals surface area contributed by atoms with E-state index in [0.717, 1.165) is 12.8 Å². The molecular weight excluding hydrogens is 232 g/mol. The molecule has 1 fully saturated rings. The van der Waals surface area contributed by atoms with Gasteiger partial charge in [-0.25, -0.2) is 0 Å². The molecule has 1 saturated heterocycles. The fourth-order valence-corrected chi connectivity index (χ4v) is 2.19. The molecule has 0 aromatic rings. The van der Waals surface area contributed by atoms with Crippen LogP contribution in [0.3, 0.4) is 0 Å². The Hall–Kier alpha value is -1.10. The van der Waals surface area contributed by atoms with E-state index in [9.17, 15) is 9.59 Å². The number of carbonyl (C=O) groups is 2. The minimum Gasteiger partial charge on any atom is -0.480 e. The van der Waals surface area contributed by atoms with Gasteiger partial charge in [0, 0.05) is 5.54 Å². The van der Waals surface area contributed by atoms with Crippen molar-refractivity contribution in [1.29, 1.82) is 0 Å². The lowest BCUT2D eigenvalue weighted by atomic mass is 10.0. The Morgan fingerprint density at radius 2 is 2.11 bits per heavy atom. The quantitative estimate of drug-likeness (QED) is 0.776. The van der Waals surface area contributed by atoms with E-state index < -0.39 is 12.0 Å². The third-order valence-corrected chi connectivity index (χ3v) is 3.80. The molecule has 0 spiro atoms. The SMILES string of the molecule is CCC(C)(C)NC(=O)C(C)N1CCCC1C(=O)O. The minimum absolute atomic E-state index is 0.0880. The normalized spacial score (nSPS) is 22.8. The molecule has 5 heteroatoms. The predicted octanol–water partition coefficient (Wildman–Crippen LogP) is 1.23. The Kier molecular flexibility index (Phi) is 4.73. The van der Waals surface area contributed by atoms with Crippen molar-refractivity contribution in [3.05, 3.63) is 0 Å². The molecular formula is C13H24N2O3. The minimum atomic E-state index is -0.832. The summed E-state index contributed by atoms with van der Waals surface area (Å²) in [5, 5.41) is 12.1. The lowest BCUT2D eigenvalue weighted by Crippen LogP contribution is -2.54. The van der Waals surface area contributed by atoms with Crippen molar-refractivity contribution in [2.24, 2.45) is 0 Å². The van der Waals surface area contributed by atoms with E-state index in [-0.39, 0.29) is 17.5 Å². The average Bonchev–Trinajstić information content (AvgIpc) is 2.76. The van der Waals surface area contributed by atoms with E-state index >= 15 is 0 Å². The first-order chi connectivity index (χ1) is 8.28. The second-order valence-corrected chi connectivity index (χ2v) is 5.64. The molecule has 104 valence electrons. The average molecular weight is 256 g/mol. The van der Waals surface area contributed by atoms with Crippen LogP contribution < -0.4 is 5.32 Å². The van der Waals surface area contributed by atoms with Crippen LogP contribution in [0.4, 0.5) is 0 Å². The van der Waals surface area contributed by atoms with Crippen molar-refractivity contribution >= 4 is 11.9 Å². The predicted molar refractivity (Wildman–Crippen MR) is 69.3 cm³/mol. The topological polar surface area (TPSA) is 69.6 Å². The van der Waals surface area contributed by atoms with Gasteiger partial charge in [-0.3, -0.25) is 14.5 Å².